The van der Waals surface area contributed by atoms with Crippen molar-refractivity contribution in [3.8, 4) is 6.07 Å². The monoisotopic (exact) mass is 268 g/mol. The Bertz CT molecular complexity index is 528. The Morgan fingerprint density at radius 3 is 2.24 bits per heavy atom. The van der Waals surface area contributed by atoms with Gasteiger partial charge < -0.3 is 4.74 Å². The lowest BCUT2D eigenvalue weighted by Crippen LogP contribution is -2.23. The quantitative estimate of drug-likeness (QED) is 0.315. The number of methoxy groups -OCH3 is 1. The third-order valence-corrected chi connectivity index (χ3v) is 4.54. The highest BCUT2D eigenvalue weighted by atomic mass is 32.2. The van der Waals surface area contributed by atoms with Crippen molar-refractivity contribution < 1.29 is 19.1 Å². The van der Waals surface area contributed by atoms with Crippen LogP contribution < -0.4 is 5.32 Å². The van der Waals surface area contributed by atoms with Gasteiger partial charge in [-0.3, -0.25) is 14.9 Å². The van der Waals surface area contributed by atoms with E-state index in [0.29, 0.717) is 4.24 Å². The molecule has 0 saturated carbocycles. The lowest BCUT2D eigenvalue weighted by Gasteiger charge is -2.02. The number of hydrogen-bond donors (Lipinski definition) is 1. The normalized spacial score (nSPS) is 17.8. The summed E-state index contributed by atoms with van der Waals surface area (Å²) in [4.78, 5) is 34.4. The Morgan fingerprint density at radius 2 is 1.82 bits per heavy atom. The molecule has 2 aliphatic rings. The van der Waals surface area contributed by atoms with Crippen LogP contribution in [-0.4, -0.2) is 24.9 Å². The van der Waals surface area contributed by atoms with Gasteiger partial charge in [-0.25, -0.2) is 4.79 Å². The van der Waals surface area contributed by atoms with E-state index < -0.39 is 17.8 Å². The van der Waals surface area contributed by atoms with Gasteiger partial charge in [-0.05, 0) is 0 Å². The maximum atomic E-state index is 11.3. The number of rotatable bonds is 1. The molecule has 0 aromatic heterocycles. The van der Waals surface area contributed by atoms with Gasteiger partial charge in [0.1, 0.15) is 6.07 Å². The molecule has 2 rings (SSSR count). The van der Waals surface area contributed by atoms with Crippen molar-refractivity contribution in [1.29, 1.82) is 5.26 Å². The Morgan fingerprint density at radius 1 is 1.29 bits per heavy atom. The molecule has 0 spiro atoms. The summed E-state index contributed by atoms with van der Waals surface area (Å²) in [5, 5.41) is 11.0. The molecule has 8 heteroatoms. The van der Waals surface area contributed by atoms with Gasteiger partial charge in [-0.2, -0.15) is 5.26 Å². The average molecular weight is 268 g/mol. The van der Waals surface area contributed by atoms with Crippen LogP contribution in [0.25, 0.3) is 0 Å². The molecule has 17 heavy (non-hydrogen) atoms. The summed E-state index contributed by atoms with van der Waals surface area (Å²) in [7, 11) is 1.16. The molecule has 0 saturated heterocycles. The van der Waals surface area contributed by atoms with Gasteiger partial charge in [0.05, 0.1) is 21.2 Å². The summed E-state index contributed by atoms with van der Waals surface area (Å²) in [6.07, 6.45) is 0. The zero-order chi connectivity index (χ0) is 12.6. The first-order valence-corrected chi connectivity index (χ1v) is 5.90. The van der Waals surface area contributed by atoms with Gasteiger partial charge in [0, 0.05) is 0 Å². The number of thioether (sulfide) groups is 2. The molecular weight excluding hydrogens is 264 g/mol. The predicted octanol–water partition coefficient (Wildman–Crippen LogP) is 0.243. The summed E-state index contributed by atoms with van der Waals surface area (Å²) < 4.78 is 4.74. The Hall–Kier alpha value is -1.72. The van der Waals surface area contributed by atoms with Crippen molar-refractivity contribution >= 4 is 41.3 Å². The fraction of sp³-hybridized carbons (Fsp3) is 0.111. The average Bonchev–Trinajstić information content (AvgIpc) is 2.83. The number of imide groups is 1. The highest BCUT2D eigenvalue weighted by molar-refractivity contribution is 8.29. The molecule has 2 aliphatic heterocycles. The molecule has 0 aliphatic carbocycles. The van der Waals surface area contributed by atoms with Crippen LogP contribution in [0.3, 0.4) is 0 Å². The number of amides is 2. The first kappa shape index (κ1) is 11.8. The largest absolute Gasteiger partial charge is 0.465 e. The molecule has 0 aromatic carbocycles. The van der Waals surface area contributed by atoms with Crippen LogP contribution in [0.5, 0.6) is 0 Å². The molecule has 86 valence electrons. The van der Waals surface area contributed by atoms with Gasteiger partial charge in [0.25, 0.3) is 11.8 Å². The van der Waals surface area contributed by atoms with E-state index in [1.165, 1.54) is 0 Å². The second kappa shape index (κ2) is 4.27. The number of esters is 1. The third kappa shape index (κ3) is 1.83. The maximum Gasteiger partial charge on any atom is 0.350 e. The van der Waals surface area contributed by atoms with Crippen molar-refractivity contribution in [2.45, 2.75) is 0 Å². The van der Waals surface area contributed by atoms with E-state index in [1.54, 1.807) is 6.07 Å². The predicted molar refractivity (Wildman–Crippen MR) is 60.0 cm³/mol. The number of carbonyl (C=O) groups is 3. The van der Waals surface area contributed by atoms with E-state index in [1.807, 2.05) is 0 Å². The summed E-state index contributed by atoms with van der Waals surface area (Å²) in [5.74, 6) is -1.78. The fourth-order valence-corrected chi connectivity index (χ4v) is 3.60. The zero-order valence-electron chi connectivity index (χ0n) is 8.40. The van der Waals surface area contributed by atoms with Crippen molar-refractivity contribution in [3.05, 3.63) is 19.6 Å². The molecule has 0 atom stereocenters. The van der Waals surface area contributed by atoms with E-state index in [0.717, 1.165) is 30.6 Å². The summed E-state index contributed by atoms with van der Waals surface area (Å²) in [6, 6.07) is 1.71. The summed E-state index contributed by atoms with van der Waals surface area (Å²) in [5.41, 5.74) is -0.197. The molecule has 1 N–H and O–H groups in total. The molecule has 0 aromatic rings. The molecule has 0 unspecified atom stereocenters. The minimum atomic E-state index is -0.781. The van der Waals surface area contributed by atoms with Gasteiger partial charge in [0.2, 0.25) is 0 Å². The minimum Gasteiger partial charge on any atom is -0.465 e. The van der Waals surface area contributed by atoms with Crippen LogP contribution in [0.2, 0.25) is 0 Å². The fourth-order valence-electron chi connectivity index (χ4n) is 1.19. The van der Waals surface area contributed by atoms with E-state index in [9.17, 15) is 14.4 Å². The minimum absolute atomic E-state index is 0.197. The maximum absolute atomic E-state index is 11.3. The molecular formula is C9H4N2O4S2. The summed E-state index contributed by atoms with van der Waals surface area (Å²) >= 11 is 1.87. The highest BCUT2D eigenvalue weighted by Crippen LogP contribution is 2.52. The highest BCUT2D eigenvalue weighted by Gasteiger charge is 2.39. The Balaban J connectivity index is 2.35. The van der Waals surface area contributed by atoms with Gasteiger partial charge in [-0.1, -0.05) is 23.5 Å². The van der Waals surface area contributed by atoms with Crippen molar-refractivity contribution in [2.75, 3.05) is 7.11 Å². The molecule has 2 heterocycles. The molecule has 0 fully saturated rings. The Kier molecular flexibility index (Phi) is 2.95. The number of hydrogen-bond acceptors (Lipinski definition) is 7. The van der Waals surface area contributed by atoms with Gasteiger partial charge >= 0.3 is 5.97 Å². The lowest BCUT2D eigenvalue weighted by atomic mass is 10.3. The number of nitriles is 1. The van der Waals surface area contributed by atoms with Crippen LogP contribution in [0.1, 0.15) is 0 Å². The second-order valence-corrected chi connectivity index (χ2v) is 5.21. The first-order valence-electron chi connectivity index (χ1n) is 4.26. The topological polar surface area (TPSA) is 96.3 Å². The van der Waals surface area contributed by atoms with Gasteiger partial charge in [0.15, 0.2) is 5.57 Å². The summed E-state index contributed by atoms with van der Waals surface area (Å²) in [6.45, 7) is 0. The molecule has 6 nitrogen and oxygen atoms in total. The molecule has 0 radical (unpaired) electrons. The first-order chi connectivity index (χ1) is 8.08. The van der Waals surface area contributed by atoms with Crippen LogP contribution in [0, 0.1) is 11.3 Å². The van der Waals surface area contributed by atoms with Gasteiger partial charge in [-0.15, -0.1) is 0 Å². The smallest absolute Gasteiger partial charge is 0.350 e. The standard InChI is InChI=1S/C9H4N2O4S2/c1-15-8(14)3(2-10)9-16-4-5(17-9)7(13)11-6(4)12/h1H3,(H,11,12,13). The SMILES string of the molecule is COC(=O)C(C#N)=C1SC2=C(S1)C(=O)NC2=O. The van der Waals surface area contributed by atoms with E-state index >= 15 is 0 Å². The van der Waals surface area contributed by atoms with Crippen LogP contribution in [-0.2, 0) is 19.1 Å². The second-order valence-electron chi connectivity index (χ2n) is 2.91. The molecule has 0 bridgehead atoms. The molecule has 2 amide bonds. The Labute approximate surface area is 104 Å². The van der Waals surface area contributed by atoms with Crippen molar-refractivity contribution in [2.24, 2.45) is 0 Å². The van der Waals surface area contributed by atoms with E-state index in [4.69, 9.17) is 5.26 Å². The van der Waals surface area contributed by atoms with E-state index in [2.05, 4.69) is 10.1 Å². The number of ether oxygens (including phenoxy) is 1. The number of carbonyl (C=O) groups excluding carboxylic acids is 3. The van der Waals surface area contributed by atoms with Crippen molar-refractivity contribution in [1.82, 2.24) is 5.32 Å². The number of nitrogens with zero attached hydrogens (tertiary/aromatic N) is 1. The van der Waals surface area contributed by atoms with E-state index in [-0.39, 0.29) is 15.4 Å². The van der Waals surface area contributed by atoms with Crippen LogP contribution in [0.15, 0.2) is 19.6 Å². The third-order valence-electron chi connectivity index (χ3n) is 1.94. The number of nitrogens with one attached hydrogen (secondary N) is 1. The van der Waals surface area contributed by atoms with Crippen LogP contribution in [0.4, 0.5) is 0 Å². The van der Waals surface area contributed by atoms with Crippen LogP contribution >= 0.6 is 23.5 Å². The van der Waals surface area contributed by atoms with Crippen molar-refractivity contribution in [3.63, 3.8) is 0 Å². The zero-order valence-corrected chi connectivity index (χ0v) is 10.0. The lowest BCUT2D eigenvalue weighted by molar-refractivity contribution is -0.135.